The molecule has 1 aliphatic rings. The standard InChI is InChI=1S/C13H15N3O2/c1-17-11(8-6-7-8)12-15-13(18-16-12)9-4-2-3-5-10(9)14/h2-5,8,11H,6-7,14H2,1H3. The molecule has 0 radical (unpaired) electrons. The number of nitrogens with zero attached hydrogens (tertiary/aromatic N) is 2. The molecule has 1 saturated carbocycles. The number of para-hydroxylation sites is 1. The lowest BCUT2D eigenvalue weighted by molar-refractivity contribution is 0.0751. The minimum atomic E-state index is -0.0626. The smallest absolute Gasteiger partial charge is 0.260 e. The highest BCUT2D eigenvalue weighted by Gasteiger charge is 2.35. The van der Waals surface area contributed by atoms with Gasteiger partial charge in [-0.25, -0.2) is 0 Å². The maximum atomic E-state index is 5.88. The maximum absolute atomic E-state index is 5.88. The fraction of sp³-hybridized carbons (Fsp3) is 0.385. The molecular formula is C13H15N3O2. The highest BCUT2D eigenvalue weighted by atomic mass is 16.5. The van der Waals surface area contributed by atoms with Gasteiger partial charge in [0, 0.05) is 12.8 Å². The van der Waals surface area contributed by atoms with Gasteiger partial charge in [-0.05, 0) is 30.9 Å². The molecule has 0 bridgehead atoms. The molecule has 0 spiro atoms. The summed E-state index contributed by atoms with van der Waals surface area (Å²) in [6, 6.07) is 7.45. The number of ether oxygens (including phenoxy) is 1. The summed E-state index contributed by atoms with van der Waals surface area (Å²) in [6.07, 6.45) is 2.26. The van der Waals surface area contributed by atoms with E-state index in [9.17, 15) is 0 Å². The Morgan fingerprint density at radius 3 is 2.83 bits per heavy atom. The first-order valence-corrected chi connectivity index (χ1v) is 6.01. The molecule has 1 unspecified atom stereocenters. The molecule has 2 N–H and O–H groups in total. The van der Waals surface area contributed by atoms with Crippen LogP contribution >= 0.6 is 0 Å². The van der Waals surface area contributed by atoms with Crippen molar-refractivity contribution in [3.05, 3.63) is 30.1 Å². The molecule has 3 rings (SSSR count). The summed E-state index contributed by atoms with van der Waals surface area (Å²) in [5.74, 6) is 1.58. The topological polar surface area (TPSA) is 74.2 Å². The number of rotatable bonds is 4. The molecule has 5 heteroatoms. The Hall–Kier alpha value is -1.88. The number of hydrogen-bond donors (Lipinski definition) is 1. The second-order valence-electron chi connectivity index (χ2n) is 4.54. The summed E-state index contributed by atoms with van der Waals surface area (Å²) in [7, 11) is 1.68. The van der Waals surface area contributed by atoms with Gasteiger partial charge in [-0.15, -0.1) is 0 Å². The second kappa shape index (κ2) is 4.42. The molecule has 1 aromatic carbocycles. The third kappa shape index (κ3) is 1.97. The third-order valence-corrected chi connectivity index (χ3v) is 3.19. The van der Waals surface area contributed by atoms with E-state index >= 15 is 0 Å². The number of anilines is 1. The highest BCUT2D eigenvalue weighted by Crippen LogP contribution is 2.42. The van der Waals surface area contributed by atoms with Gasteiger partial charge in [0.25, 0.3) is 5.89 Å². The van der Waals surface area contributed by atoms with Crippen LogP contribution in [0, 0.1) is 5.92 Å². The minimum absolute atomic E-state index is 0.0626. The minimum Gasteiger partial charge on any atom is -0.398 e. The summed E-state index contributed by atoms with van der Waals surface area (Å²) >= 11 is 0. The number of nitrogens with two attached hydrogens (primary N) is 1. The van der Waals surface area contributed by atoms with Crippen LogP contribution in [0.1, 0.15) is 24.8 Å². The maximum Gasteiger partial charge on any atom is 0.260 e. The first kappa shape index (κ1) is 11.2. The number of benzene rings is 1. The van der Waals surface area contributed by atoms with Crippen LogP contribution in [0.25, 0.3) is 11.5 Å². The normalized spacial score (nSPS) is 16.7. The lowest BCUT2D eigenvalue weighted by Gasteiger charge is -2.08. The predicted molar refractivity (Wildman–Crippen MR) is 66.6 cm³/mol. The molecule has 2 aromatic rings. The van der Waals surface area contributed by atoms with Crippen LogP contribution < -0.4 is 5.73 Å². The van der Waals surface area contributed by atoms with E-state index in [2.05, 4.69) is 10.1 Å². The zero-order valence-corrected chi connectivity index (χ0v) is 10.2. The molecule has 1 aliphatic carbocycles. The van der Waals surface area contributed by atoms with Gasteiger partial charge in [-0.2, -0.15) is 4.98 Å². The lowest BCUT2D eigenvalue weighted by atomic mass is 10.2. The van der Waals surface area contributed by atoms with E-state index < -0.39 is 0 Å². The van der Waals surface area contributed by atoms with Crippen LogP contribution in [0.2, 0.25) is 0 Å². The third-order valence-electron chi connectivity index (χ3n) is 3.19. The Labute approximate surface area is 105 Å². The van der Waals surface area contributed by atoms with Crippen LogP contribution in [0.5, 0.6) is 0 Å². The van der Waals surface area contributed by atoms with Gasteiger partial charge in [-0.3, -0.25) is 0 Å². The van der Waals surface area contributed by atoms with Gasteiger partial charge in [0.15, 0.2) is 0 Å². The van der Waals surface area contributed by atoms with Crippen LogP contribution in [-0.4, -0.2) is 17.3 Å². The summed E-state index contributed by atoms with van der Waals surface area (Å²) in [5.41, 5.74) is 7.28. The Morgan fingerprint density at radius 1 is 1.39 bits per heavy atom. The average molecular weight is 245 g/mol. The number of nitrogen functional groups attached to an aromatic ring is 1. The fourth-order valence-electron chi connectivity index (χ4n) is 2.06. The number of hydrogen-bond acceptors (Lipinski definition) is 5. The molecule has 1 atom stereocenters. The second-order valence-corrected chi connectivity index (χ2v) is 4.54. The Bertz CT molecular complexity index is 549. The SMILES string of the molecule is COC(c1noc(-c2ccccc2N)n1)C1CC1. The summed E-state index contributed by atoms with van der Waals surface area (Å²) in [5, 5.41) is 4.00. The first-order valence-electron chi connectivity index (χ1n) is 6.01. The van der Waals surface area contributed by atoms with Crippen molar-refractivity contribution in [2.75, 3.05) is 12.8 Å². The van der Waals surface area contributed by atoms with E-state index in [-0.39, 0.29) is 6.10 Å². The van der Waals surface area contributed by atoms with E-state index in [4.69, 9.17) is 15.0 Å². The average Bonchev–Trinajstić information content (AvgIpc) is 3.09. The van der Waals surface area contributed by atoms with E-state index in [0.29, 0.717) is 23.3 Å². The molecule has 0 amide bonds. The van der Waals surface area contributed by atoms with Crippen molar-refractivity contribution in [2.24, 2.45) is 5.92 Å². The lowest BCUT2D eigenvalue weighted by Crippen LogP contribution is -2.05. The van der Waals surface area contributed by atoms with Crippen molar-refractivity contribution in [3.8, 4) is 11.5 Å². The van der Waals surface area contributed by atoms with Gasteiger partial charge in [0.1, 0.15) is 6.10 Å². The number of methoxy groups -OCH3 is 1. The zero-order valence-electron chi connectivity index (χ0n) is 10.2. The van der Waals surface area contributed by atoms with Crippen molar-refractivity contribution in [2.45, 2.75) is 18.9 Å². The molecule has 94 valence electrons. The van der Waals surface area contributed by atoms with Crippen molar-refractivity contribution in [3.63, 3.8) is 0 Å². The summed E-state index contributed by atoms with van der Waals surface area (Å²) in [6.45, 7) is 0. The largest absolute Gasteiger partial charge is 0.398 e. The highest BCUT2D eigenvalue weighted by molar-refractivity contribution is 5.69. The predicted octanol–water partition coefficient (Wildman–Crippen LogP) is 2.42. The van der Waals surface area contributed by atoms with Crippen molar-refractivity contribution in [1.82, 2.24) is 10.1 Å². The van der Waals surface area contributed by atoms with Crippen LogP contribution in [-0.2, 0) is 4.74 Å². The summed E-state index contributed by atoms with van der Waals surface area (Å²) in [4.78, 5) is 4.39. The molecule has 1 heterocycles. The quantitative estimate of drug-likeness (QED) is 0.837. The van der Waals surface area contributed by atoms with E-state index in [1.807, 2.05) is 24.3 Å². The zero-order chi connectivity index (χ0) is 12.5. The Balaban J connectivity index is 1.91. The molecule has 0 aliphatic heterocycles. The van der Waals surface area contributed by atoms with Crippen LogP contribution in [0.4, 0.5) is 5.69 Å². The van der Waals surface area contributed by atoms with Crippen LogP contribution in [0.15, 0.2) is 28.8 Å². The molecule has 1 fully saturated rings. The van der Waals surface area contributed by atoms with Gasteiger partial charge in [-0.1, -0.05) is 17.3 Å². The van der Waals surface area contributed by atoms with E-state index in [0.717, 1.165) is 18.4 Å². The summed E-state index contributed by atoms with van der Waals surface area (Å²) < 4.78 is 10.7. The Morgan fingerprint density at radius 2 is 2.17 bits per heavy atom. The van der Waals surface area contributed by atoms with Crippen molar-refractivity contribution >= 4 is 5.69 Å². The molecule has 5 nitrogen and oxygen atoms in total. The van der Waals surface area contributed by atoms with E-state index in [1.54, 1.807) is 7.11 Å². The van der Waals surface area contributed by atoms with Gasteiger partial charge < -0.3 is 15.0 Å². The molecule has 1 aromatic heterocycles. The van der Waals surface area contributed by atoms with Crippen molar-refractivity contribution < 1.29 is 9.26 Å². The molecule has 0 saturated heterocycles. The number of aromatic nitrogens is 2. The molecular weight excluding hydrogens is 230 g/mol. The van der Waals surface area contributed by atoms with Gasteiger partial charge in [0.05, 0.1) is 5.56 Å². The van der Waals surface area contributed by atoms with Gasteiger partial charge >= 0.3 is 0 Å². The monoisotopic (exact) mass is 245 g/mol. The molecule has 18 heavy (non-hydrogen) atoms. The first-order chi connectivity index (χ1) is 8.79. The van der Waals surface area contributed by atoms with Crippen LogP contribution in [0.3, 0.4) is 0 Å². The van der Waals surface area contributed by atoms with Crippen molar-refractivity contribution in [1.29, 1.82) is 0 Å². The van der Waals surface area contributed by atoms with Gasteiger partial charge in [0.2, 0.25) is 5.82 Å². The van der Waals surface area contributed by atoms with E-state index in [1.165, 1.54) is 0 Å². The fourth-order valence-corrected chi connectivity index (χ4v) is 2.06. The Kier molecular flexibility index (Phi) is 2.76.